The van der Waals surface area contributed by atoms with Crippen LogP contribution in [0.25, 0.3) is 0 Å². The van der Waals surface area contributed by atoms with Crippen molar-refractivity contribution in [2.75, 3.05) is 37.8 Å². The summed E-state index contributed by atoms with van der Waals surface area (Å²) >= 11 is 0. The zero-order valence-corrected chi connectivity index (χ0v) is 15.6. The lowest BCUT2D eigenvalue weighted by molar-refractivity contribution is 0.0601. The maximum atomic E-state index is 12.1. The molecule has 0 saturated heterocycles. The minimum Gasteiger partial charge on any atom is -0.465 e. The normalized spacial score (nSPS) is 10.8. The summed E-state index contributed by atoms with van der Waals surface area (Å²) in [4.78, 5) is 11.9. The van der Waals surface area contributed by atoms with Crippen LogP contribution in [0.5, 0.6) is 0 Å². The largest absolute Gasteiger partial charge is 0.465 e. The van der Waals surface area contributed by atoms with E-state index < -0.39 is 16.0 Å². The fourth-order valence-electron chi connectivity index (χ4n) is 2.16. The average Bonchev–Trinajstić information content (AvgIpc) is 2.46. The molecule has 0 aromatic heterocycles. The predicted molar refractivity (Wildman–Crippen MR) is 95.1 cm³/mol. The fraction of sp³-hybridized carbons (Fsp3) is 0.533. The molecular weight excluding hydrogens is 340 g/mol. The van der Waals surface area contributed by atoms with E-state index in [4.69, 9.17) is 4.74 Å². The van der Waals surface area contributed by atoms with Crippen molar-refractivity contribution in [1.82, 2.24) is 5.32 Å². The van der Waals surface area contributed by atoms with Crippen LogP contribution < -0.4 is 9.62 Å². The molecule has 0 heterocycles. The minimum atomic E-state index is -3.48. The van der Waals surface area contributed by atoms with Gasteiger partial charge in [-0.05, 0) is 45.5 Å². The van der Waals surface area contributed by atoms with E-state index in [9.17, 15) is 13.2 Å². The van der Waals surface area contributed by atoms with Crippen LogP contribution in [0.15, 0.2) is 18.2 Å². The summed E-state index contributed by atoms with van der Waals surface area (Å²) in [6.45, 7) is 2.98. The van der Waals surface area contributed by atoms with E-state index in [1.165, 1.54) is 11.4 Å². The standard InChI is InChI=1S/C15H24N2O4S.ClH/c1-12-7-8-14(13(11-12)15(18)21-3)17(22(4,19)20)10-6-5-9-16-2;/h7-8,11,16H,5-6,9-10H2,1-4H3;1H. The van der Waals surface area contributed by atoms with Crippen molar-refractivity contribution in [2.24, 2.45) is 0 Å². The summed E-state index contributed by atoms with van der Waals surface area (Å²) in [6.07, 6.45) is 2.69. The third kappa shape index (κ3) is 6.37. The Morgan fingerprint density at radius 2 is 1.96 bits per heavy atom. The maximum Gasteiger partial charge on any atom is 0.340 e. The number of nitrogens with zero attached hydrogens (tertiary/aromatic N) is 1. The summed E-state index contributed by atoms with van der Waals surface area (Å²) in [6, 6.07) is 5.08. The summed E-state index contributed by atoms with van der Waals surface area (Å²) < 4.78 is 30.2. The van der Waals surface area contributed by atoms with Gasteiger partial charge in [-0.1, -0.05) is 11.6 Å². The number of ether oxygens (including phenoxy) is 1. The summed E-state index contributed by atoms with van der Waals surface area (Å²) in [7, 11) is -0.342. The summed E-state index contributed by atoms with van der Waals surface area (Å²) in [5.74, 6) is -0.539. The monoisotopic (exact) mass is 364 g/mol. The van der Waals surface area contributed by atoms with Gasteiger partial charge in [0.15, 0.2) is 0 Å². The number of halogens is 1. The van der Waals surface area contributed by atoms with Crippen LogP contribution in [0.2, 0.25) is 0 Å². The highest BCUT2D eigenvalue weighted by Crippen LogP contribution is 2.25. The third-order valence-corrected chi connectivity index (χ3v) is 4.44. The number of aryl methyl sites for hydroxylation is 1. The van der Waals surface area contributed by atoms with E-state index in [-0.39, 0.29) is 18.0 Å². The molecule has 1 rings (SSSR count). The van der Waals surface area contributed by atoms with Crippen molar-refractivity contribution in [3.8, 4) is 0 Å². The first-order chi connectivity index (χ1) is 10.3. The molecule has 0 bridgehead atoms. The van der Waals surface area contributed by atoms with Crippen LogP contribution in [0, 0.1) is 6.92 Å². The quantitative estimate of drug-likeness (QED) is 0.563. The molecule has 0 radical (unpaired) electrons. The van der Waals surface area contributed by atoms with Gasteiger partial charge in [-0.3, -0.25) is 4.31 Å². The van der Waals surface area contributed by atoms with Gasteiger partial charge in [-0.25, -0.2) is 13.2 Å². The van der Waals surface area contributed by atoms with E-state index >= 15 is 0 Å². The van der Waals surface area contributed by atoms with Crippen molar-refractivity contribution in [3.05, 3.63) is 29.3 Å². The van der Waals surface area contributed by atoms with Gasteiger partial charge in [0.2, 0.25) is 10.0 Å². The molecule has 0 aliphatic heterocycles. The van der Waals surface area contributed by atoms with E-state index in [0.717, 1.165) is 24.8 Å². The second-order valence-electron chi connectivity index (χ2n) is 5.16. The molecule has 1 aromatic rings. The molecule has 0 aliphatic rings. The average molecular weight is 365 g/mol. The van der Waals surface area contributed by atoms with Crippen molar-refractivity contribution < 1.29 is 17.9 Å². The number of hydrogen-bond acceptors (Lipinski definition) is 5. The molecule has 6 nitrogen and oxygen atoms in total. The Balaban J connectivity index is 0.00000484. The number of benzene rings is 1. The van der Waals surface area contributed by atoms with Crippen LogP contribution in [0.1, 0.15) is 28.8 Å². The molecule has 0 amide bonds. The third-order valence-electron chi connectivity index (χ3n) is 3.26. The highest BCUT2D eigenvalue weighted by Gasteiger charge is 2.23. The lowest BCUT2D eigenvalue weighted by atomic mass is 10.1. The molecule has 1 aromatic carbocycles. The number of rotatable bonds is 8. The Morgan fingerprint density at radius 1 is 1.30 bits per heavy atom. The Bertz CT molecular complexity index is 620. The Hall–Kier alpha value is -1.31. The Morgan fingerprint density at radius 3 is 2.48 bits per heavy atom. The van der Waals surface area contributed by atoms with E-state index in [2.05, 4.69) is 5.32 Å². The molecule has 8 heteroatoms. The van der Waals surface area contributed by atoms with Crippen molar-refractivity contribution in [2.45, 2.75) is 19.8 Å². The number of esters is 1. The SMILES string of the molecule is CNCCCCN(c1ccc(C)cc1C(=O)OC)S(C)(=O)=O.Cl. The smallest absolute Gasteiger partial charge is 0.340 e. The number of methoxy groups -OCH3 is 1. The van der Waals surface area contributed by atoms with Gasteiger partial charge >= 0.3 is 5.97 Å². The number of unbranched alkanes of at least 4 members (excludes halogenated alkanes) is 1. The highest BCUT2D eigenvalue weighted by molar-refractivity contribution is 7.92. The number of carbonyl (C=O) groups excluding carboxylic acids is 1. The predicted octanol–water partition coefficient (Wildman–Crippen LogP) is 1.97. The molecule has 0 fully saturated rings. The molecule has 0 unspecified atom stereocenters. The number of nitrogens with one attached hydrogen (secondary N) is 1. The van der Waals surface area contributed by atoms with Crippen molar-refractivity contribution >= 4 is 34.1 Å². The summed E-state index contributed by atoms with van der Waals surface area (Å²) in [5, 5.41) is 3.02. The molecule has 0 aliphatic carbocycles. The Labute approximate surface area is 144 Å². The molecule has 0 saturated carbocycles. The van der Waals surface area contributed by atoms with E-state index in [1.54, 1.807) is 18.2 Å². The molecule has 23 heavy (non-hydrogen) atoms. The van der Waals surface area contributed by atoms with Gasteiger partial charge in [-0.2, -0.15) is 0 Å². The second-order valence-corrected chi connectivity index (χ2v) is 7.06. The zero-order valence-electron chi connectivity index (χ0n) is 14.0. The zero-order chi connectivity index (χ0) is 16.8. The fourth-order valence-corrected chi connectivity index (χ4v) is 3.14. The lowest BCUT2D eigenvalue weighted by Crippen LogP contribution is -2.32. The van der Waals surface area contributed by atoms with Crippen LogP contribution in [-0.4, -0.2) is 47.9 Å². The Kier molecular flexibility index (Phi) is 9.19. The van der Waals surface area contributed by atoms with Gasteiger partial charge in [0, 0.05) is 6.54 Å². The van der Waals surface area contributed by atoms with Crippen LogP contribution in [0.3, 0.4) is 0 Å². The molecular formula is C15H25ClN2O4S. The molecule has 0 spiro atoms. The number of carbonyl (C=O) groups is 1. The van der Waals surface area contributed by atoms with Gasteiger partial charge in [0.25, 0.3) is 0 Å². The summed E-state index contributed by atoms with van der Waals surface area (Å²) in [5.41, 5.74) is 1.50. The number of hydrogen-bond donors (Lipinski definition) is 1. The van der Waals surface area contributed by atoms with E-state index in [0.29, 0.717) is 18.7 Å². The first-order valence-corrected chi connectivity index (χ1v) is 8.97. The lowest BCUT2D eigenvalue weighted by Gasteiger charge is -2.24. The molecule has 1 N–H and O–H groups in total. The first kappa shape index (κ1) is 21.7. The van der Waals surface area contributed by atoms with Crippen LogP contribution >= 0.6 is 12.4 Å². The molecule has 0 atom stereocenters. The van der Waals surface area contributed by atoms with Gasteiger partial charge in [-0.15, -0.1) is 12.4 Å². The van der Waals surface area contributed by atoms with Crippen molar-refractivity contribution in [3.63, 3.8) is 0 Å². The molecule has 132 valence electrons. The number of sulfonamides is 1. The topological polar surface area (TPSA) is 75.7 Å². The number of anilines is 1. The van der Waals surface area contributed by atoms with Crippen LogP contribution in [0.4, 0.5) is 5.69 Å². The van der Waals surface area contributed by atoms with Crippen molar-refractivity contribution in [1.29, 1.82) is 0 Å². The minimum absolute atomic E-state index is 0. The van der Waals surface area contributed by atoms with Gasteiger partial charge in [0.1, 0.15) is 0 Å². The maximum absolute atomic E-state index is 12.1. The van der Waals surface area contributed by atoms with Gasteiger partial charge < -0.3 is 10.1 Å². The van der Waals surface area contributed by atoms with Crippen LogP contribution in [-0.2, 0) is 14.8 Å². The first-order valence-electron chi connectivity index (χ1n) is 7.12. The second kappa shape index (κ2) is 9.75. The van der Waals surface area contributed by atoms with E-state index in [1.807, 2.05) is 14.0 Å². The highest BCUT2D eigenvalue weighted by atomic mass is 35.5. The van der Waals surface area contributed by atoms with Gasteiger partial charge in [0.05, 0.1) is 24.6 Å².